The molecule has 0 bridgehead atoms. The Balaban J connectivity index is 1.92. The first kappa shape index (κ1) is 13.1. The first-order valence-electron chi connectivity index (χ1n) is 6.81. The molecule has 1 heterocycles. The van der Waals surface area contributed by atoms with E-state index in [-0.39, 0.29) is 11.7 Å². The molecule has 0 radical (unpaired) electrons. The first-order valence-corrected chi connectivity index (χ1v) is 6.81. The summed E-state index contributed by atoms with van der Waals surface area (Å²) in [7, 11) is 0. The molecule has 1 aromatic carbocycles. The van der Waals surface area contributed by atoms with Crippen molar-refractivity contribution >= 4 is 17.6 Å². The fraction of sp³-hybridized carbons (Fsp3) is 0.375. The summed E-state index contributed by atoms with van der Waals surface area (Å²) in [5.74, 6) is -0.953. The summed E-state index contributed by atoms with van der Waals surface area (Å²) < 4.78 is 5.62. The smallest absolute Gasteiger partial charge is 0.173 e. The number of ether oxygens (including phenoxy) is 1. The maximum absolute atomic E-state index is 12.6. The van der Waals surface area contributed by atoms with Gasteiger partial charge in [-0.1, -0.05) is 30.3 Å². The lowest BCUT2D eigenvalue weighted by Crippen LogP contribution is -2.48. The van der Waals surface area contributed by atoms with Crippen molar-refractivity contribution in [3.05, 3.63) is 42.2 Å². The van der Waals surface area contributed by atoms with Crippen molar-refractivity contribution < 1.29 is 19.4 Å². The van der Waals surface area contributed by atoms with Gasteiger partial charge in [0.2, 0.25) is 0 Å². The second-order valence-electron chi connectivity index (χ2n) is 5.33. The summed E-state index contributed by atoms with van der Waals surface area (Å²) in [5.41, 5.74) is 1.37. The number of aliphatic hydroxyl groups excluding tert-OH is 1. The zero-order valence-corrected chi connectivity index (χ0v) is 10.9. The van der Waals surface area contributed by atoms with Gasteiger partial charge in [0.05, 0.1) is 29.8 Å². The van der Waals surface area contributed by atoms with Crippen LogP contribution in [0.25, 0.3) is 5.57 Å². The Kier molecular flexibility index (Phi) is 3.40. The molecular weight excluding hydrogens is 256 g/mol. The normalized spacial score (nSPS) is 32.9. The van der Waals surface area contributed by atoms with Crippen molar-refractivity contribution in [1.29, 1.82) is 0 Å². The van der Waals surface area contributed by atoms with Gasteiger partial charge >= 0.3 is 0 Å². The summed E-state index contributed by atoms with van der Waals surface area (Å²) in [5, 5.41) is 9.83. The van der Waals surface area contributed by atoms with Gasteiger partial charge in [0.25, 0.3) is 0 Å². The van der Waals surface area contributed by atoms with E-state index in [0.717, 1.165) is 5.56 Å². The first-order chi connectivity index (χ1) is 9.72. The number of Topliss-reactive ketones (excluding diaryl/α,β-unsaturated/α-hetero) is 1. The summed E-state index contributed by atoms with van der Waals surface area (Å²) in [6.45, 7) is 0. The molecule has 1 saturated carbocycles. The molecule has 4 atom stereocenters. The van der Waals surface area contributed by atoms with Crippen LogP contribution >= 0.6 is 0 Å². The molecule has 4 heteroatoms. The van der Waals surface area contributed by atoms with Gasteiger partial charge in [-0.3, -0.25) is 4.79 Å². The van der Waals surface area contributed by atoms with Gasteiger partial charge in [0.15, 0.2) is 5.78 Å². The number of benzene rings is 1. The second kappa shape index (κ2) is 5.21. The zero-order chi connectivity index (χ0) is 14.1. The lowest BCUT2D eigenvalue weighted by atomic mass is 9.73. The van der Waals surface area contributed by atoms with Crippen LogP contribution in [0.5, 0.6) is 0 Å². The Hall–Kier alpha value is -1.94. The standard InChI is InChI=1S/C16H16O4/c17-8-12-14(18)7-6-11-15(19)13(9-20-16(11)12)10-4-2-1-3-5-10/h1-5,8-9,11-12,14,16,18H,6-7H2. The maximum Gasteiger partial charge on any atom is 0.173 e. The van der Waals surface area contributed by atoms with Crippen LogP contribution in [0.1, 0.15) is 18.4 Å². The Bertz CT molecular complexity index is 549. The van der Waals surface area contributed by atoms with Crippen molar-refractivity contribution in [3.8, 4) is 0 Å². The SMILES string of the molecule is O=CC1C(O)CCC2C(=O)C(c3ccccc3)=COC21. The van der Waals surface area contributed by atoms with Crippen LogP contribution in [0.4, 0.5) is 0 Å². The van der Waals surface area contributed by atoms with Gasteiger partial charge in [-0.25, -0.2) is 0 Å². The number of carbonyl (C=O) groups excluding carboxylic acids is 2. The monoisotopic (exact) mass is 272 g/mol. The molecule has 1 aromatic rings. The Morgan fingerprint density at radius 1 is 1.20 bits per heavy atom. The van der Waals surface area contributed by atoms with Gasteiger partial charge < -0.3 is 14.6 Å². The molecule has 1 fully saturated rings. The summed E-state index contributed by atoms with van der Waals surface area (Å²) >= 11 is 0. The van der Waals surface area contributed by atoms with Gasteiger partial charge in [0.1, 0.15) is 12.4 Å². The van der Waals surface area contributed by atoms with Crippen LogP contribution in [0.2, 0.25) is 0 Å². The van der Waals surface area contributed by atoms with Gasteiger partial charge in [-0.2, -0.15) is 0 Å². The number of ketones is 1. The zero-order valence-electron chi connectivity index (χ0n) is 10.9. The molecule has 4 unspecified atom stereocenters. The summed E-state index contributed by atoms with van der Waals surface area (Å²) in [4.78, 5) is 23.7. The van der Waals surface area contributed by atoms with Crippen molar-refractivity contribution in [2.24, 2.45) is 11.8 Å². The molecule has 104 valence electrons. The van der Waals surface area contributed by atoms with E-state index in [1.807, 2.05) is 30.3 Å². The highest BCUT2D eigenvalue weighted by Crippen LogP contribution is 2.38. The molecular formula is C16H16O4. The van der Waals surface area contributed by atoms with Crippen LogP contribution in [-0.2, 0) is 14.3 Å². The van der Waals surface area contributed by atoms with E-state index >= 15 is 0 Å². The number of fused-ring (bicyclic) bond motifs is 1. The van der Waals surface area contributed by atoms with Crippen LogP contribution < -0.4 is 0 Å². The van der Waals surface area contributed by atoms with Gasteiger partial charge in [-0.15, -0.1) is 0 Å². The topological polar surface area (TPSA) is 63.6 Å². The molecule has 1 aliphatic carbocycles. The van der Waals surface area contributed by atoms with E-state index in [9.17, 15) is 14.7 Å². The fourth-order valence-corrected chi connectivity index (χ4v) is 3.06. The van der Waals surface area contributed by atoms with Crippen LogP contribution in [0.3, 0.4) is 0 Å². The number of aliphatic hydroxyl groups is 1. The minimum Gasteiger partial charge on any atom is -0.496 e. The molecule has 0 saturated heterocycles. The van der Waals surface area contributed by atoms with E-state index in [1.54, 1.807) is 0 Å². The van der Waals surface area contributed by atoms with Crippen molar-refractivity contribution in [3.63, 3.8) is 0 Å². The second-order valence-corrected chi connectivity index (χ2v) is 5.33. The predicted molar refractivity (Wildman–Crippen MR) is 72.6 cm³/mol. The quantitative estimate of drug-likeness (QED) is 0.830. The number of hydrogen-bond acceptors (Lipinski definition) is 4. The minimum atomic E-state index is -0.715. The minimum absolute atomic E-state index is 0.00574. The maximum atomic E-state index is 12.6. The van der Waals surface area contributed by atoms with Crippen molar-refractivity contribution in [1.82, 2.24) is 0 Å². The molecule has 4 nitrogen and oxygen atoms in total. The third kappa shape index (κ3) is 2.06. The van der Waals surface area contributed by atoms with E-state index in [0.29, 0.717) is 24.7 Å². The van der Waals surface area contributed by atoms with Gasteiger partial charge in [-0.05, 0) is 18.4 Å². The number of allylic oxidation sites excluding steroid dienone is 1. The van der Waals surface area contributed by atoms with E-state index in [4.69, 9.17) is 4.74 Å². The fourth-order valence-electron chi connectivity index (χ4n) is 3.06. The average molecular weight is 272 g/mol. The van der Waals surface area contributed by atoms with Crippen molar-refractivity contribution in [2.75, 3.05) is 0 Å². The lowest BCUT2D eigenvalue weighted by molar-refractivity contribution is -0.138. The Morgan fingerprint density at radius 2 is 1.95 bits per heavy atom. The predicted octanol–water partition coefficient (Wildman–Crippen LogP) is 1.58. The largest absolute Gasteiger partial charge is 0.496 e. The van der Waals surface area contributed by atoms with Crippen molar-refractivity contribution in [2.45, 2.75) is 25.0 Å². The van der Waals surface area contributed by atoms with E-state index in [1.165, 1.54) is 6.26 Å². The molecule has 20 heavy (non-hydrogen) atoms. The number of carbonyl (C=O) groups is 2. The molecule has 1 N–H and O–H groups in total. The van der Waals surface area contributed by atoms with Crippen LogP contribution in [0.15, 0.2) is 36.6 Å². The Labute approximate surface area is 117 Å². The third-order valence-corrected chi connectivity index (χ3v) is 4.18. The molecule has 1 aliphatic heterocycles. The highest BCUT2D eigenvalue weighted by atomic mass is 16.5. The highest BCUT2D eigenvalue weighted by Gasteiger charge is 2.46. The van der Waals surface area contributed by atoms with Crippen LogP contribution in [0, 0.1) is 11.8 Å². The summed E-state index contributed by atoms with van der Waals surface area (Å²) in [6.07, 6.45) is 1.91. The molecule has 0 aromatic heterocycles. The molecule has 0 amide bonds. The molecule has 2 aliphatic rings. The van der Waals surface area contributed by atoms with E-state index in [2.05, 4.69) is 0 Å². The third-order valence-electron chi connectivity index (χ3n) is 4.18. The molecule has 0 spiro atoms. The number of rotatable bonds is 2. The lowest BCUT2D eigenvalue weighted by Gasteiger charge is -2.39. The number of hydrogen-bond donors (Lipinski definition) is 1. The Morgan fingerprint density at radius 3 is 2.65 bits per heavy atom. The van der Waals surface area contributed by atoms with Gasteiger partial charge in [0, 0.05) is 0 Å². The average Bonchev–Trinajstić information content (AvgIpc) is 2.48. The summed E-state index contributed by atoms with van der Waals surface area (Å²) in [6, 6.07) is 9.35. The molecule has 3 rings (SSSR count). The van der Waals surface area contributed by atoms with E-state index < -0.39 is 18.1 Å². The number of aldehydes is 1. The van der Waals surface area contributed by atoms with Crippen LogP contribution in [-0.4, -0.2) is 29.4 Å². The highest BCUT2D eigenvalue weighted by molar-refractivity contribution is 6.22.